The molecule has 0 unspecified atom stereocenters. The molecule has 7 rings (SSSR count). The van der Waals surface area contributed by atoms with Gasteiger partial charge in [-0.2, -0.15) is 25.6 Å². The summed E-state index contributed by atoms with van der Waals surface area (Å²) in [5.41, 5.74) is 8.53. The molecule has 0 spiro atoms. The van der Waals surface area contributed by atoms with Crippen LogP contribution >= 0.6 is 0 Å². The SMILES string of the molecule is CCCOc1cccc2ccc(N=Nc3cc(C)c(N=Nc4cc(C)c(N=Nc5ccc6cc(NC(=O)c7ccc(NC(=O)CCC(=O)O)cc7)ccc6c5O)cc4C)cc3C)cc12. The number of carbonyl (C=O) groups excluding carboxylic acids is 2. The molecule has 0 aliphatic rings. The number of hydrogen-bond donors (Lipinski definition) is 4. The van der Waals surface area contributed by atoms with Gasteiger partial charge in [-0.3, -0.25) is 14.4 Å². The van der Waals surface area contributed by atoms with Crippen LogP contribution in [0.15, 0.2) is 146 Å². The number of azo groups is 3. The highest BCUT2D eigenvalue weighted by Crippen LogP contribution is 2.39. The Morgan fingerprint density at radius 3 is 1.75 bits per heavy atom. The van der Waals surface area contributed by atoms with Crippen molar-refractivity contribution in [1.29, 1.82) is 0 Å². The molecule has 64 heavy (non-hydrogen) atoms. The summed E-state index contributed by atoms with van der Waals surface area (Å²) in [6.45, 7) is 10.5. The number of fused-ring (bicyclic) bond motifs is 2. The Kier molecular flexibility index (Phi) is 13.5. The average Bonchev–Trinajstić information content (AvgIpc) is 3.28. The van der Waals surface area contributed by atoms with Crippen molar-refractivity contribution in [2.24, 2.45) is 30.7 Å². The number of ether oxygens (including phenoxy) is 1. The summed E-state index contributed by atoms with van der Waals surface area (Å²) in [5, 5.41) is 55.8. The zero-order valence-electron chi connectivity index (χ0n) is 36.0. The number of phenols is 1. The van der Waals surface area contributed by atoms with Crippen molar-refractivity contribution in [3.63, 3.8) is 0 Å². The topological polar surface area (TPSA) is 199 Å². The lowest BCUT2D eigenvalue weighted by Crippen LogP contribution is -2.14. The summed E-state index contributed by atoms with van der Waals surface area (Å²) >= 11 is 0. The van der Waals surface area contributed by atoms with Crippen LogP contribution in [0.1, 0.15) is 58.8 Å². The van der Waals surface area contributed by atoms with E-state index in [0.717, 1.165) is 56.6 Å². The van der Waals surface area contributed by atoms with Crippen LogP contribution in [0.3, 0.4) is 0 Å². The lowest BCUT2D eigenvalue weighted by Gasteiger charge is -2.10. The number of carboxylic acids is 1. The van der Waals surface area contributed by atoms with Gasteiger partial charge in [0.1, 0.15) is 11.4 Å². The lowest BCUT2D eigenvalue weighted by atomic mass is 10.1. The third-order valence-electron chi connectivity index (χ3n) is 10.3. The number of nitrogens with zero attached hydrogens (tertiary/aromatic N) is 6. The molecule has 7 aromatic carbocycles. The number of aliphatic carboxylic acids is 1. The molecule has 0 aliphatic heterocycles. The quantitative estimate of drug-likeness (QED) is 0.0739. The van der Waals surface area contributed by atoms with Gasteiger partial charge in [-0.15, -0.1) is 5.11 Å². The number of aromatic hydroxyl groups is 1. The molecule has 14 heteroatoms. The van der Waals surface area contributed by atoms with Crippen LogP contribution in [0.2, 0.25) is 0 Å². The van der Waals surface area contributed by atoms with Crippen LogP contribution < -0.4 is 15.4 Å². The standard InChI is InChI=1S/C50H46N8O6/c1-6-22-64-46-9-7-8-33-10-16-38(28-40(33)46)53-55-42-23-30(3)44(24-29(42)2)57-58-45-26-31(4)43(25-32(45)5)56-54-41-19-13-35-27-37(17-18-39(35)49(41)62)52-50(63)34-11-14-36(15-12-34)51-47(59)20-21-48(60)61/h7-19,23-28,62H,6,20-22H2,1-5H3,(H,51,59)(H,52,63)(H,60,61). The van der Waals surface area contributed by atoms with E-state index in [0.29, 0.717) is 51.4 Å². The Hall–Kier alpha value is -8.13. The molecule has 4 N–H and O–H groups in total. The predicted molar refractivity (Wildman–Crippen MR) is 250 cm³/mol. The van der Waals surface area contributed by atoms with E-state index in [4.69, 9.17) is 9.84 Å². The minimum absolute atomic E-state index is 0.0572. The van der Waals surface area contributed by atoms with Crippen LogP contribution in [0.5, 0.6) is 11.5 Å². The fourth-order valence-electron chi connectivity index (χ4n) is 6.77. The summed E-state index contributed by atoms with van der Waals surface area (Å²) in [7, 11) is 0. The first-order valence-electron chi connectivity index (χ1n) is 20.7. The normalized spacial score (nSPS) is 11.6. The monoisotopic (exact) mass is 854 g/mol. The Labute approximate surface area is 369 Å². The maximum absolute atomic E-state index is 13.0. The van der Waals surface area contributed by atoms with Gasteiger partial charge >= 0.3 is 5.97 Å². The van der Waals surface area contributed by atoms with E-state index in [-0.39, 0.29) is 30.2 Å². The highest BCUT2D eigenvalue weighted by atomic mass is 16.5. The molecule has 0 saturated heterocycles. The molecule has 0 atom stereocenters. The number of anilines is 2. The maximum atomic E-state index is 13.0. The van der Waals surface area contributed by atoms with Crippen LogP contribution in [-0.2, 0) is 9.59 Å². The Balaban J connectivity index is 0.992. The number of nitrogens with one attached hydrogen (secondary N) is 2. The number of amides is 2. The van der Waals surface area contributed by atoms with Crippen LogP contribution in [0.25, 0.3) is 21.5 Å². The van der Waals surface area contributed by atoms with Crippen LogP contribution in [0, 0.1) is 27.7 Å². The van der Waals surface area contributed by atoms with Crippen LogP contribution in [0.4, 0.5) is 45.5 Å². The summed E-state index contributed by atoms with van der Waals surface area (Å²) in [6.07, 6.45) is 0.501. The van der Waals surface area contributed by atoms with Crippen molar-refractivity contribution in [2.75, 3.05) is 17.2 Å². The Morgan fingerprint density at radius 1 is 0.562 bits per heavy atom. The second-order valence-corrected chi connectivity index (χ2v) is 15.3. The second-order valence-electron chi connectivity index (χ2n) is 15.3. The van der Waals surface area contributed by atoms with Gasteiger partial charge in [-0.05, 0) is 158 Å². The minimum Gasteiger partial charge on any atom is -0.505 e. The number of rotatable bonds is 15. The van der Waals surface area contributed by atoms with Gasteiger partial charge in [-0.25, -0.2) is 0 Å². The fraction of sp³-hybridized carbons (Fsp3) is 0.180. The number of aryl methyl sites for hydroxylation is 4. The second kappa shape index (κ2) is 19.7. The molecule has 0 heterocycles. The molecular formula is C50H46N8O6. The maximum Gasteiger partial charge on any atom is 0.303 e. The molecule has 0 aliphatic carbocycles. The van der Waals surface area contributed by atoms with Gasteiger partial charge in [0, 0.05) is 34.1 Å². The Bertz CT molecular complexity index is 3020. The molecule has 0 bridgehead atoms. The first-order chi connectivity index (χ1) is 30.8. The molecule has 0 fully saturated rings. The molecule has 0 aromatic heterocycles. The van der Waals surface area contributed by atoms with Crippen LogP contribution in [-0.4, -0.2) is 34.6 Å². The third kappa shape index (κ3) is 10.7. The number of carboxylic acid groups (broad SMARTS) is 1. The largest absolute Gasteiger partial charge is 0.505 e. The third-order valence-corrected chi connectivity index (χ3v) is 10.3. The average molecular weight is 855 g/mol. The summed E-state index contributed by atoms with van der Waals surface area (Å²) in [6, 6.07) is 34.4. The first kappa shape index (κ1) is 43.9. The van der Waals surface area contributed by atoms with Crippen molar-refractivity contribution in [3.8, 4) is 11.5 Å². The smallest absolute Gasteiger partial charge is 0.303 e. The zero-order valence-corrected chi connectivity index (χ0v) is 36.0. The molecular weight excluding hydrogens is 809 g/mol. The first-order valence-corrected chi connectivity index (χ1v) is 20.7. The van der Waals surface area contributed by atoms with Crippen molar-refractivity contribution >= 4 is 84.8 Å². The van der Waals surface area contributed by atoms with Gasteiger partial charge in [0.2, 0.25) is 5.91 Å². The van der Waals surface area contributed by atoms with E-state index in [1.165, 1.54) is 0 Å². The molecule has 2 amide bonds. The lowest BCUT2D eigenvalue weighted by molar-refractivity contribution is -0.138. The van der Waals surface area contributed by atoms with Crippen molar-refractivity contribution in [1.82, 2.24) is 0 Å². The summed E-state index contributed by atoms with van der Waals surface area (Å²) < 4.78 is 5.95. The molecule has 0 radical (unpaired) electrons. The highest BCUT2D eigenvalue weighted by Gasteiger charge is 2.13. The van der Waals surface area contributed by atoms with E-state index in [9.17, 15) is 19.5 Å². The fourth-order valence-corrected chi connectivity index (χ4v) is 6.77. The van der Waals surface area contributed by atoms with Gasteiger partial charge < -0.3 is 25.6 Å². The van der Waals surface area contributed by atoms with E-state index in [1.54, 1.807) is 54.6 Å². The summed E-state index contributed by atoms with van der Waals surface area (Å²) in [4.78, 5) is 35.6. The number of phenolic OH excluding ortho intramolecular Hbond substituents is 1. The van der Waals surface area contributed by atoms with Crippen molar-refractivity contribution in [2.45, 2.75) is 53.9 Å². The van der Waals surface area contributed by atoms with E-state index in [1.807, 2.05) is 82.3 Å². The molecule has 14 nitrogen and oxygen atoms in total. The van der Waals surface area contributed by atoms with E-state index in [2.05, 4.69) is 54.3 Å². The number of carbonyl (C=O) groups is 3. The van der Waals surface area contributed by atoms with Gasteiger partial charge in [-0.1, -0.05) is 31.2 Å². The van der Waals surface area contributed by atoms with Gasteiger partial charge in [0.05, 0.1) is 41.5 Å². The van der Waals surface area contributed by atoms with Gasteiger partial charge in [0.25, 0.3) is 5.91 Å². The predicted octanol–water partition coefficient (Wildman–Crippen LogP) is 14.0. The molecule has 7 aromatic rings. The van der Waals surface area contributed by atoms with Crippen molar-refractivity contribution in [3.05, 3.63) is 143 Å². The van der Waals surface area contributed by atoms with E-state index >= 15 is 0 Å². The summed E-state index contributed by atoms with van der Waals surface area (Å²) in [5.74, 6) is -1.09. The minimum atomic E-state index is -1.06. The van der Waals surface area contributed by atoms with Crippen molar-refractivity contribution < 1.29 is 29.3 Å². The Morgan fingerprint density at radius 2 is 1.14 bits per heavy atom. The number of benzene rings is 7. The van der Waals surface area contributed by atoms with Gasteiger partial charge in [0.15, 0.2) is 5.75 Å². The number of hydrogen-bond acceptors (Lipinski definition) is 11. The highest BCUT2D eigenvalue weighted by molar-refractivity contribution is 6.06. The van der Waals surface area contributed by atoms with E-state index < -0.39 is 11.9 Å². The molecule has 322 valence electrons. The molecule has 0 saturated carbocycles. The zero-order chi connectivity index (χ0) is 45.3.